The summed E-state index contributed by atoms with van der Waals surface area (Å²) in [6.45, 7) is 4.74. The average molecular weight is 347 g/mol. The Hall–Kier alpha value is -0.910. The number of nitrogens with one attached hydrogen (secondary N) is 1. The summed E-state index contributed by atoms with van der Waals surface area (Å²) in [5.74, 6) is 2.32. The molecule has 0 aliphatic carbocycles. The van der Waals surface area contributed by atoms with Gasteiger partial charge in [-0.25, -0.2) is 0 Å². The molecule has 0 saturated carbocycles. The van der Waals surface area contributed by atoms with Crippen LogP contribution in [0.1, 0.15) is 26.7 Å². The summed E-state index contributed by atoms with van der Waals surface area (Å²) in [5.41, 5.74) is 5.64. The predicted molar refractivity (Wildman–Crippen MR) is 96.0 cm³/mol. The lowest BCUT2D eigenvalue weighted by atomic mass is 10.2. The molecule has 0 spiro atoms. The number of halogens is 1. The second kappa shape index (κ2) is 11.6. The summed E-state index contributed by atoms with van der Waals surface area (Å²) in [4.78, 5) is 12.8. The van der Waals surface area contributed by atoms with Gasteiger partial charge in [-0.1, -0.05) is 19.1 Å². The van der Waals surface area contributed by atoms with Gasteiger partial charge in [0.05, 0.1) is 7.11 Å². The number of nitrogens with two attached hydrogens (primary N) is 1. The number of ether oxygens (including phenoxy) is 1. The van der Waals surface area contributed by atoms with Crippen LogP contribution in [0.4, 0.5) is 0 Å². The van der Waals surface area contributed by atoms with E-state index < -0.39 is 0 Å². The smallest absolute Gasteiger partial charge is 0.220 e. The van der Waals surface area contributed by atoms with Gasteiger partial charge in [0.2, 0.25) is 5.91 Å². The van der Waals surface area contributed by atoms with E-state index in [0.717, 1.165) is 22.8 Å². The van der Waals surface area contributed by atoms with Crippen molar-refractivity contribution in [3.63, 3.8) is 0 Å². The molecule has 1 aromatic rings. The molecule has 6 heteroatoms. The van der Waals surface area contributed by atoms with E-state index in [1.54, 1.807) is 18.9 Å². The Labute approximate surface area is 144 Å². The van der Waals surface area contributed by atoms with Gasteiger partial charge in [-0.3, -0.25) is 4.79 Å². The highest BCUT2D eigenvalue weighted by Gasteiger charge is 2.09. The number of carbonyl (C=O) groups is 1. The van der Waals surface area contributed by atoms with Gasteiger partial charge in [0.1, 0.15) is 5.75 Å². The van der Waals surface area contributed by atoms with Gasteiger partial charge in [0, 0.05) is 29.7 Å². The highest BCUT2D eigenvalue weighted by atomic mass is 35.5. The monoisotopic (exact) mass is 346 g/mol. The van der Waals surface area contributed by atoms with Gasteiger partial charge in [0.15, 0.2) is 0 Å². The molecule has 0 radical (unpaired) electrons. The van der Waals surface area contributed by atoms with Crippen molar-refractivity contribution in [2.75, 3.05) is 19.4 Å². The Kier molecular flexibility index (Phi) is 11.1. The second-order valence-corrected chi connectivity index (χ2v) is 6.45. The molecule has 2 unspecified atom stereocenters. The number of rotatable bonds is 9. The Balaban J connectivity index is 0.00000441. The topological polar surface area (TPSA) is 64.3 Å². The van der Waals surface area contributed by atoms with Crippen molar-refractivity contribution in [3.05, 3.63) is 24.3 Å². The van der Waals surface area contributed by atoms with Gasteiger partial charge < -0.3 is 15.8 Å². The van der Waals surface area contributed by atoms with Crippen LogP contribution in [0, 0.1) is 5.92 Å². The van der Waals surface area contributed by atoms with Gasteiger partial charge in [-0.05, 0) is 31.4 Å². The maximum absolute atomic E-state index is 11.6. The normalized spacial score (nSPS) is 12.9. The fourth-order valence-electron chi connectivity index (χ4n) is 1.76. The molecule has 0 saturated heterocycles. The molecule has 0 aliphatic rings. The molecular weight excluding hydrogens is 320 g/mol. The summed E-state index contributed by atoms with van der Waals surface area (Å²) in [6.07, 6.45) is 1.24. The first-order valence-corrected chi connectivity index (χ1v) is 8.29. The number of hydrogen-bond donors (Lipinski definition) is 2. The lowest BCUT2D eigenvalue weighted by Gasteiger charge is -2.14. The summed E-state index contributed by atoms with van der Waals surface area (Å²) in [5, 5.41) is 2.96. The lowest BCUT2D eigenvalue weighted by molar-refractivity contribution is -0.121. The first-order chi connectivity index (χ1) is 10.0. The number of thioether (sulfide) groups is 1. The van der Waals surface area contributed by atoms with Crippen LogP contribution in [0.25, 0.3) is 0 Å². The van der Waals surface area contributed by atoms with E-state index in [1.807, 2.05) is 25.1 Å². The van der Waals surface area contributed by atoms with Crippen molar-refractivity contribution in [3.8, 4) is 5.75 Å². The highest BCUT2D eigenvalue weighted by Crippen LogP contribution is 2.29. The van der Waals surface area contributed by atoms with Crippen LogP contribution >= 0.6 is 24.2 Å². The van der Waals surface area contributed by atoms with Gasteiger partial charge >= 0.3 is 0 Å². The SMILES string of the molecule is COc1ccccc1SCC(C)CNC(=O)CCC(C)N.Cl. The fourth-order valence-corrected chi connectivity index (χ4v) is 2.81. The van der Waals surface area contributed by atoms with Gasteiger partial charge in [0.25, 0.3) is 0 Å². The number of carbonyl (C=O) groups excluding carboxylic acids is 1. The number of methoxy groups -OCH3 is 1. The van der Waals surface area contributed by atoms with Crippen molar-refractivity contribution in [2.24, 2.45) is 11.7 Å². The molecule has 1 amide bonds. The van der Waals surface area contributed by atoms with Crippen molar-refractivity contribution in [1.82, 2.24) is 5.32 Å². The lowest BCUT2D eigenvalue weighted by Crippen LogP contribution is -2.30. The van der Waals surface area contributed by atoms with Crippen LogP contribution < -0.4 is 15.8 Å². The van der Waals surface area contributed by atoms with E-state index in [1.165, 1.54) is 0 Å². The molecular formula is C16H27ClN2O2S. The Morgan fingerprint density at radius 3 is 2.68 bits per heavy atom. The summed E-state index contributed by atoms with van der Waals surface area (Å²) >= 11 is 1.75. The van der Waals surface area contributed by atoms with Crippen LogP contribution in [0.3, 0.4) is 0 Å². The van der Waals surface area contributed by atoms with Crippen LogP contribution in [-0.4, -0.2) is 31.4 Å². The number of amides is 1. The molecule has 2 atom stereocenters. The number of hydrogen-bond acceptors (Lipinski definition) is 4. The summed E-state index contributed by atoms with van der Waals surface area (Å²) in [6, 6.07) is 8.06. The molecule has 4 nitrogen and oxygen atoms in total. The first kappa shape index (κ1) is 21.1. The van der Waals surface area contributed by atoms with Gasteiger partial charge in [-0.15, -0.1) is 24.2 Å². The maximum Gasteiger partial charge on any atom is 0.220 e. The maximum atomic E-state index is 11.6. The van der Waals surface area contributed by atoms with Crippen molar-refractivity contribution in [1.29, 1.82) is 0 Å². The minimum absolute atomic E-state index is 0. The van der Waals surface area contributed by atoms with Crippen molar-refractivity contribution >= 4 is 30.1 Å². The van der Waals surface area contributed by atoms with Crippen LogP contribution in [0.15, 0.2) is 29.2 Å². The molecule has 0 fully saturated rings. The minimum atomic E-state index is 0. The largest absolute Gasteiger partial charge is 0.496 e. The molecule has 1 rings (SSSR count). The van der Waals surface area contributed by atoms with Gasteiger partial charge in [-0.2, -0.15) is 0 Å². The third kappa shape index (κ3) is 8.51. The molecule has 3 N–H and O–H groups in total. The zero-order chi connectivity index (χ0) is 15.7. The number of para-hydroxylation sites is 1. The molecule has 0 bridgehead atoms. The third-order valence-corrected chi connectivity index (χ3v) is 4.45. The van der Waals surface area contributed by atoms with Crippen LogP contribution in [0.2, 0.25) is 0 Å². The minimum Gasteiger partial charge on any atom is -0.496 e. The molecule has 0 aliphatic heterocycles. The Morgan fingerprint density at radius 2 is 2.05 bits per heavy atom. The molecule has 1 aromatic carbocycles. The third-order valence-electron chi connectivity index (χ3n) is 3.07. The molecule has 22 heavy (non-hydrogen) atoms. The van der Waals surface area contributed by atoms with E-state index in [9.17, 15) is 4.79 Å². The van der Waals surface area contributed by atoms with Crippen LogP contribution in [-0.2, 0) is 4.79 Å². The molecule has 0 heterocycles. The van der Waals surface area contributed by atoms with Crippen molar-refractivity contribution in [2.45, 2.75) is 37.6 Å². The zero-order valence-electron chi connectivity index (χ0n) is 13.5. The second-order valence-electron chi connectivity index (χ2n) is 5.39. The van der Waals surface area contributed by atoms with E-state index in [-0.39, 0.29) is 24.4 Å². The van der Waals surface area contributed by atoms with E-state index in [2.05, 4.69) is 18.3 Å². The van der Waals surface area contributed by atoms with Crippen molar-refractivity contribution < 1.29 is 9.53 Å². The average Bonchev–Trinajstić information content (AvgIpc) is 2.49. The molecule has 126 valence electrons. The first-order valence-electron chi connectivity index (χ1n) is 7.31. The molecule has 0 aromatic heterocycles. The quantitative estimate of drug-likeness (QED) is 0.674. The Morgan fingerprint density at radius 1 is 1.36 bits per heavy atom. The fraction of sp³-hybridized carbons (Fsp3) is 0.562. The summed E-state index contributed by atoms with van der Waals surface area (Å²) < 4.78 is 5.33. The Bertz CT molecular complexity index is 444. The summed E-state index contributed by atoms with van der Waals surface area (Å²) in [7, 11) is 1.68. The highest BCUT2D eigenvalue weighted by molar-refractivity contribution is 7.99. The van der Waals surface area contributed by atoms with E-state index in [0.29, 0.717) is 18.9 Å². The van der Waals surface area contributed by atoms with E-state index >= 15 is 0 Å². The standard InChI is InChI=1S/C16H26N2O2S.ClH/c1-12(10-18-16(19)9-8-13(2)17)11-21-15-7-5-4-6-14(15)20-3;/h4-7,12-13H,8-11,17H2,1-3H3,(H,18,19);1H. The zero-order valence-corrected chi connectivity index (χ0v) is 15.1. The predicted octanol–water partition coefficient (Wildman–Crippen LogP) is 3.09. The number of benzene rings is 1. The van der Waals surface area contributed by atoms with E-state index in [4.69, 9.17) is 10.5 Å². The van der Waals surface area contributed by atoms with Crippen LogP contribution in [0.5, 0.6) is 5.75 Å².